The molecule has 1 aliphatic carbocycles. The van der Waals surface area contributed by atoms with Crippen LogP contribution in [0.2, 0.25) is 0 Å². The van der Waals surface area contributed by atoms with E-state index in [9.17, 15) is 4.79 Å². The highest BCUT2D eigenvalue weighted by atomic mass is 32.1. The number of nitrogens with zero attached hydrogens (tertiary/aromatic N) is 1. The van der Waals surface area contributed by atoms with Gasteiger partial charge in [-0.2, -0.15) is 0 Å². The van der Waals surface area contributed by atoms with Crippen molar-refractivity contribution in [2.75, 3.05) is 0 Å². The van der Waals surface area contributed by atoms with E-state index < -0.39 is 0 Å². The van der Waals surface area contributed by atoms with Gasteiger partial charge in [-0.25, -0.2) is 0 Å². The molecule has 0 saturated carbocycles. The van der Waals surface area contributed by atoms with Crippen molar-refractivity contribution in [3.63, 3.8) is 0 Å². The second-order valence-electron chi connectivity index (χ2n) is 5.05. The van der Waals surface area contributed by atoms with E-state index in [4.69, 9.17) is 12.2 Å². The largest absolute Gasteiger partial charge is 0.351 e. The minimum absolute atomic E-state index is 0.0699. The summed E-state index contributed by atoms with van der Waals surface area (Å²) in [6, 6.07) is 6.34. The lowest BCUT2D eigenvalue weighted by atomic mass is 10.1. The number of amides is 1. The van der Waals surface area contributed by atoms with Crippen LogP contribution in [0.4, 0.5) is 0 Å². The third kappa shape index (κ3) is 1.90. The molecule has 2 aliphatic rings. The number of rotatable bonds is 2. The molecule has 1 N–H and O–H groups in total. The first-order valence-electron chi connectivity index (χ1n) is 6.38. The molecule has 0 aromatic heterocycles. The highest BCUT2D eigenvalue weighted by molar-refractivity contribution is 7.80. The monoisotopic (exact) mass is 260 g/mol. The van der Waals surface area contributed by atoms with Crippen molar-refractivity contribution in [1.29, 1.82) is 0 Å². The van der Waals surface area contributed by atoms with Gasteiger partial charge in [0.05, 0.1) is 6.54 Å². The van der Waals surface area contributed by atoms with Gasteiger partial charge in [-0.05, 0) is 55.1 Å². The number of hydrogen-bond acceptors (Lipinski definition) is 2. The number of benzene rings is 1. The Hall–Kier alpha value is -1.42. The summed E-state index contributed by atoms with van der Waals surface area (Å²) in [6.07, 6.45) is 3.60. The van der Waals surface area contributed by atoms with Crippen LogP contribution in [0.15, 0.2) is 18.2 Å². The molecule has 1 aromatic carbocycles. The first-order valence-corrected chi connectivity index (χ1v) is 6.78. The fourth-order valence-corrected chi connectivity index (χ4v) is 3.05. The van der Waals surface area contributed by atoms with Gasteiger partial charge in [-0.3, -0.25) is 9.69 Å². The fraction of sp³-hybridized carbons (Fsp3) is 0.429. The van der Waals surface area contributed by atoms with E-state index in [-0.39, 0.29) is 11.9 Å². The first kappa shape index (κ1) is 11.7. The molecule has 1 unspecified atom stereocenters. The van der Waals surface area contributed by atoms with Crippen molar-refractivity contribution in [3.05, 3.63) is 34.9 Å². The van der Waals surface area contributed by atoms with Gasteiger partial charge < -0.3 is 5.32 Å². The molecule has 1 atom stereocenters. The number of carbonyl (C=O) groups excluding carboxylic acids is 1. The number of hydrogen-bond donors (Lipinski definition) is 1. The average Bonchev–Trinajstić information content (AvgIpc) is 2.89. The second kappa shape index (κ2) is 4.35. The summed E-state index contributed by atoms with van der Waals surface area (Å²) in [4.78, 5) is 13.6. The zero-order chi connectivity index (χ0) is 12.7. The first-order chi connectivity index (χ1) is 8.65. The Morgan fingerprint density at radius 1 is 1.39 bits per heavy atom. The highest BCUT2D eigenvalue weighted by Gasteiger charge is 2.32. The van der Waals surface area contributed by atoms with Crippen LogP contribution in [0.5, 0.6) is 0 Å². The van der Waals surface area contributed by atoms with E-state index in [0.717, 1.165) is 6.42 Å². The van der Waals surface area contributed by atoms with Gasteiger partial charge >= 0.3 is 0 Å². The van der Waals surface area contributed by atoms with Gasteiger partial charge in [0.25, 0.3) is 5.91 Å². The second-order valence-corrected chi connectivity index (χ2v) is 5.44. The maximum Gasteiger partial charge on any atom is 0.251 e. The smallest absolute Gasteiger partial charge is 0.251 e. The van der Waals surface area contributed by atoms with Crippen LogP contribution in [-0.4, -0.2) is 22.0 Å². The van der Waals surface area contributed by atoms with E-state index in [1.807, 2.05) is 6.92 Å². The van der Waals surface area contributed by atoms with E-state index in [1.54, 1.807) is 4.90 Å². The van der Waals surface area contributed by atoms with Gasteiger partial charge in [-0.1, -0.05) is 18.2 Å². The fourth-order valence-electron chi connectivity index (χ4n) is 2.71. The normalized spacial score (nSPS) is 22.3. The molecule has 18 heavy (non-hydrogen) atoms. The summed E-state index contributed by atoms with van der Waals surface area (Å²) in [7, 11) is 0. The van der Waals surface area contributed by atoms with Crippen LogP contribution < -0.4 is 5.32 Å². The SMILES string of the molecule is CC1NC(=S)N(Cc2ccc3c(c2)CCC3)C1=O. The van der Waals surface area contributed by atoms with Crippen molar-refractivity contribution in [3.8, 4) is 0 Å². The molecular formula is C14H16N2OS. The zero-order valence-corrected chi connectivity index (χ0v) is 11.2. The molecule has 3 rings (SSSR count). The molecule has 1 heterocycles. The van der Waals surface area contributed by atoms with E-state index in [0.29, 0.717) is 11.7 Å². The van der Waals surface area contributed by atoms with Gasteiger partial charge in [0.1, 0.15) is 6.04 Å². The minimum atomic E-state index is -0.188. The standard InChI is InChI=1S/C14H16N2OS/c1-9-13(17)16(14(18)15-9)8-10-5-6-11-3-2-4-12(11)7-10/h5-7,9H,2-4,8H2,1H3,(H,15,18). The topological polar surface area (TPSA) is 32.3 Å². The Labute approximate surface area is 112 Å². The Morgan fingerprint density at radius 3 is 2.89 bits per heavy atom. The molecule has 1 fully saturated rings. The average molecular weight is 260 g/mol. The van der Waals surface area contributed by atoms with Crippen LogP contribution in [0.25, 0.3) is 0 Å². The Morgan fingerprint density at radius 2 is 2.17 bits per heavy atom. The third-order valence-electron chi connectivity index (χ3n) is 3.73. The number of nitrogens with one attached hydrogen (secondary N) is 1. The molecule has 0 bridgehead atoms. The number of thiocarbonyl (C=S) groups is 1. The van der Waals surface area contributed by atoms with Gasteiger partial charge in [0, 0.05) is 0 Å². The van der Waals surface area contributed by atoms with Crippen molar-refractivity contribution in [1.82, 2.24) is 10.2 Å². The molecule has 0 radical (unpaired) electrons. The quantitative estimate of drug-likeness (QED) is 0.823. The van der Waals surface area contributed by atoms with Gasteiger partial charge in [0.15, 0.2) is 5.11 Å². The maximum absolute atomic E-state index is 11.9. The lowest BCUT2D eigenvalue weighted by molar-refractivity contribution is -0.127. The molecule has 1 aromatic rings. The van der Waals surface area contributed by atoms with E-state index >= 15 is 0 Å². The molecule has 4 heteroatoms. The Balaban J connectivity index is 1.81. The molecule has 0 spiro atoms. The molecule has 1 amide bonds. The summed E-state index contributed by atoms with van der Waals surface area (Å²) in [6.45, 7) is 2.43. The predicted octanol–water partition coefficient (Wildman–Crippen LogP) is 1.78. The Kier molecular flexibility index (Phi) is 2.82. The van der Waals surface area contributed by atoms with Crippen molar-refractivity contribution < 1.29 is 4.79 Å². The molecule has 94 valence electrons. The van der Waals surface area contributed by atoms with Crippen LogP contribution in [0.1, 0.15) is 30.0 Å². The van der Waals surface area contributed by atoms with E-state index in [1.165, 1.54) is 29.5 Å². The number of carbonyl (C=O) groups is 1. The summed E-state index contributed by atoms with van der Waals surface area (Å²) in [5, 5.41) is 3.55. The molecule has 3 nitrogen and oxygen atoms in total. The molecule has 1 aliphatic heterocycles. The van der Waals surface area contributed by atoms with Crippen molar-refractivity contribution in [2.24, 2.45) is 0 Å². The molecular weight excluding hydrogens is 244 g/mol. The van der Waals surface area contributed by atoms with Crippen LogP contribution in [-0.2, 0) is 24.2 Å². The predicted molar refractivity (Wildman–Crippen MR) is 74.2 cm³/mol. The summed E-state index contributed by atoms with van der Waals surface area (Å²) < 4.78 is 0. The van der Waals surface area contributed by atoms with Crippen LogP contribution in [0, 0.1) is 0 Å². The zero-order valence-electron chi connectivity index (χ0n) is 10.4. The number of fused-ring (bicyclic) bond motifs is 1. The highest BCUT2D eigenvalue weighted by Crippen LogP contribution is 2.24. The molecule has 1 saturated heterocycles. The summed E-state index contributed by atoms with van der Waals surface area (Å²) >= 11 is 5.19. The Bertz CT molecular complexity index is 527. The summed E-state index contributed by atoms with van der Waals surface area (Å²) in [5.74, 6) is 0.0699. The van der Waals surface area contributed by atoms with Gasteiger partial charge in [0.2, 0.25) is 0 Å². The van der Waals surface area contributed by atoms with Crippen LogP contribution in [0.3, 0.4) is 0 Å². The summed E-state index contributed by atoms with van der Waals surface area (Å²) in [5.41, 5.74) is 4.06. The third-order valence-corrected chi connectivity index (χ3v) is 4.06. The van der Waals surface area contributed by atoms with E-state index in [2.05, 4.69) is 23.5 Å². The van der Waals surface area contributed by atoms with Crippen molar-refractivity contribution >= 4 is 23.2 Å². The van der Waals surface area contributed by atoms with Gasteiger partial charge in [-0.15, -0.1) is 0 Å². The lowest BCUT2D eigenvalue weighted by Crippen LogP contribution is -2.30. The van der Waals surface area contributed by atoms with Crippen LogP contribution >= 0.6 is 12.2 Å². The maximum atomic E-state index is 11.9. The minimum Gasteiger partial charge on any atom is -0.351 e. The number of aryl methyl sites for hydroxylation is 2. The van der Waals surface area contributed by atoms with Crippen molar-refractivity contribution in [2.45, 2.75) is 38.8 Å². The lowest BCUT2D eigenvalue weighted by Gasteiger charge is -2.15.